The SMILES string of the molecule is COc1ccc(CN2CCc3c(Cl)cc(C(OC)C4CSC4)c(Cl)c3C2=O)c(OC)c1. The quantitative estimate of drug-likeness (QED) is 0.539. The van der Waals surface area contributed by atoms with Gasteiger partial charge >= 0.3 is 0 Å². The normalized spacial score (nSPS) is 17.2. The molecular weight excluding hydrogens is 457 g/mol. The summed E-state index contributed by atoms with van der Waals surface area (Å²) in [4.78, 5) is 15.3. The van der Waals surface area contributed by atoms with Gasteiger partial charge in [0.05, 0.1) is 30.9 Å². The summed E-state index contributed by atoms with van der Waals surface area (Å²) >= 11 is 15.3. The van der Waals surface area contributed by atoms with Crippen LogP contribution in [-0.4, -0.2) is 50.2 Å². The highest BCUT2D eigenvalue weighted by Crippen LogP contribution is 2.44. The number of fused-ring (bicyclic) bond motifs is 1. The molecule has 1 fully saturated rings. The molecule has 1 saturated heterocycles. The lowest BCUT2D eigenvalue weighted by Gasteiger charge is -2.35. The third kappa shape index (κ3) is 4.23. The van der Waals surface area contributed by atoms with Crippen LogP contribution in [0.2, 0.25) is 10.0 Å². The third-order valence-electron chi connectivity index (χ3n) is 5.99. The summed E-state index contributed by atoms with van der Waals surface area (Å²) in [6.45, 7) is 0.972. The first kappa shape index (κ1) is 22.6. The van der Waals surface area contributed by atoms with Gasteiger partial charge in [-0.15, -0.1) is 0 Å². The maximum Gasteiger partial charge on any atom is 0.256 e. The molecule has 0 radical (unpaired) electrons. The van der Waals surface area contributed by atoms with Crippen molar-refractivity contribution >= 4 is 40.9 Å². The Bertz CT molecular complexity index is 996. The number of thioether (sulfide) groups is 1. The fourth-order valence-electron chi connectivity index (χ4n) is 4.21. The molecule has 0 spiro atoms. The van der Waals surface area contributed by atoms with Crippen LogP contribution >= 0.6 is 35.0 Å². The maximum atomic E-state index is 13.5. The fraction of sp³-hybridized carbons (Fsp3) is 0.435. The molecule has 2 heterocycles. The first-order chi connectivity index (χ1) is 15.0. The highest BCUT2D eigenvalue weighted by atomic mass is 35.5. The summed E-state index contributed by atoms with van der Waals surface area (Å²) in [6.07, 6.45) is 0.483. The van der Waals surface area contributed by atoms with Gasteiger partial charge in [0.25, 0.3) is 5.91 Å². The van der Waals surface area contributed by atoms with Crippen molar-refractivity contribution in [3.63, 3.8) is 0 Å². The number of methoxy groups -OCH3 is 3. The Hall–Kier alpha value is -1.60. The Kier molecular flexibility index (Phi) is 6.92. The Morgan fingerprint density at radius 3 is 2.55 bits per heavy atom. The van der Waals surface area contributed by atoms with Crippen LogP contribution in [0.15, 0.2) is 24.3 Å². The van der Waals surface area contributed by atoms with E-state index in [-0.39, 0.29) is 12.0 Å². The first-order valence-electron chi connectivity index (χ1n) is 10.1. The maximum absolute atomic E-state index is 13.5. The van der Waals surface area contributed by atoms with E-state index in [1.54, 1.807) is 26.2 Å². The van der Waals surface area contributed by atoms with E-state index in [1.807, 2.05) is 36.0 Å². The smallest absolute Gasteiger partial charge is 0.256 e. The molecule has 1 unspecified atom stereocenters. The number of halogens is 2. The van der Waals surface area contributed by atoms with Crippen molar-refractivity contribution in [1.29, 1.82) is 0 Å². The molecule has 2 aliphatic rings. The third-order valence-corrected chi connectivity index (χ3v) is 8.06. The van der Waals surface area contributed by atoms with E-state index in [1.165, 1.54) is 0 Å². The average molecular weight is 482 g/mol. The number of nitrogens with zero attached hydrogens (tertiary/aromatic N) is 1. The summed E-state index contributed by atoms with van der Waals surface area (Å²) in [5.41, 5.74) is 3.02. The summed E-state index contributed by atoms with van der Waals surface area (Å²) < 4.78 is 16.5. The van der Waals surface area contributed by atoms with Gasteiger partial charge in [0.15, 0.2) is 0 Å². The number of ether oxygens (including phenoxy) is 3. The molecule has 8 heteroatoms. The van der Waals surface area contributed by atoms with Gasteiger partial charge < -0.3 is 19.1 Å². The molecule has 0 bridgehead atoms. The molecule has 0 aromatic heterocycles. The number of carbonyl (C=O) groups is 1. The highest BCUT2D eigenvalue weighted by Gasteiger charge is 2.36. The molecule has 0 saturated carbocycles. The molecule has 2 aromatic rings. The molecule has 2 aromatic carbocycles. The topological polar surface area (TPSA) is 48.0 Å². The summed E-state index contributed by atoms with van der Waals surface area (Å²) in [5.74, 6) is 3.67. The number of amides is 1. The van der Waals surface area contributed by atoms with E-state index in [0.717, 1.165) is 28.2 Å². The van der Waals surface area contributed by atoms with Crippen molar-refractivity contribution in [1.82, 2.24) is 4.90 Å². The fourth-order valence-corrected chi connectivity index (χ4v) is 5.73. The van der Waals surface area contributed by atoms with Crippen molar-refractivity contribution in [3.05, 3.63) is 56.6 Å². The predicted octanol–water partition coefficient (Wildman–Crippen LogP) is 5.26. The molecule has 31 heavy (non-hydrogen) atoms. The van der Waals surface area contributed by atoms with Crippen LogP contribution in [0, 0.1) is 5.92 Å². The van der Waals surface area contributed by atoms with Crippen LogP contribution in [0.1, 0.15) is 33.2 Å². The second-order valence-corrected chi connectivity index (χ2v) is 9.58. The molecule has 4 rings (SSSR count). The summed E-state index contributed by atoms with van der Waals surface area (Å²) in [7, 11) is 4.90. The van der Waals surface area contributed by atoms with E-state index in [2.05, 4.69) is 0 Å². The van der Waals surface area contributed by atoms with Gasteiger partial charge in [-0.2, -0.15) is 11.8 Å². The predicted molar refractivity (Wildman–Crippen MR) is 125 cm³/mol. The van der Waals surface area contributed by atoms with E-state index < -0.39 is 0 Å². The van der Waals surface area contributed by atoms with Crippen LogP contribution in [0.25, 0.3) is 0 Å². The van der Waals surface area contributed by atoms with Gasteiger partial charge in [0.1, 0.15) is 11.5 Å². The van der Waals surface area contributed by atoms with Crippen molar-refractivity contribution in [3.8, 4) is 11.5 Å². The second-order valence-electron chi connectivity index (χ2n) is 7.72. The largest absolute Gasteiger partial charge is 0.497 e. The lowest BCUT2D eigenvalue weighted by molar-refractivity contribution is 0.0636. The van der Waals surface area contributed by atoms with Crippen LogP contribution in [0.3, 0.4) is 0 Å². The Balaban J connectivity index is 1.67. The number of rotatable bonds is 7. The minimum atomic E-state index is -0.165. The zero-order valence-corrected chi connectivity index (χ0v) is 20.1. The van der Waals surface area contributed by atoms with Crippen molar-refractivity contribution in [2.24, 2.45) is 5.92 Å². The van der Waals surface area contributed by atoms with Crippen LogP contribution in [-0.2, 0) is 17.7 Å². The summed E-state index contributed by atoms with van der Waals surface area (Å²) in [5, 5.41) is 1.04. The molecular formula is C23H25Cl2NO4S. The standard InChI is InChI=1S/C23H25Cl2NO4S/c1-28-15-5-4-13(19(8-15)29-2)10-26-7-6-16-18(24)9-17(21(25)20(16)23(26)27)22(30-3)14-11-31-12-14/h4-5,8-9,14,22H,6-7,10-12H2,1-3H3. The average Bonchev–Trinajstić information content (AvgIpc) is 2.74. The Labute approximate surface area is 196 Å². The van der Waals surface area contributed by atoms with E-state index in [0.29, 0.717) is 52.5 Å². The molecule has 5 nitrogen and oxygen atoms in total. The van der Waals surface area contributed by atoms with Crippen LogP contribution in [0.5, 0.6) is 11.5 Å². The highest BCUT2D eigenvalue weighted by molar-refractivity contribution is 8.00. The van der Waals surface area contributed by atoms with Crippen LogP contribution in [0.4, 0.5) is 0 Å². The van der Waals surface area contributed by atoms with Gasteiger partial charge in [-0.05, 0) is 41.7 Å². The Morgan fingerprint density at radius 1 is 1.16 bits per heavy atom. The number of hydrogen-bond acceptors (Lipinski definition) is 5. The molecule has 166 valence electrons. The molecule has 1 atom stereocenters. The van der Waals surface area contributed by atoms with Crippen LogP contribution < -0.4 is 9.47 Å². The zero-order chi connectivity index (χ0) is 22.1. The van der Waals surface area contributed by atoms with Gasteiger partial charge in [-0.3, -0.25) is 4.79 Å². The van der Waals surface area contributed by atoms with Gasteiger partial charge in [-0.25, -0.2) is 0 Å². The number of hydrogen-bond donors (Lipinski definition) is 0. The Morgan fingerprint density at radius 2 is 1.94 bits per heavy atom. The minimum Gasteiger partial charge on any atom is -0.497 e. The van der Waals surface area contributed by atoms with Crippen molar-refractivity contribution in [2.45, 2.75) is 19.1 Å². The number of carbonyl (C=O) groups excluding carboxylic acids is 1. The summed E-state index contributed by atoms with van der Waals surface area (Å²) in [6, 6.07) is 7.48. The second kappa shape index (κ2) is 9.49. The monoisotopic (exact) mass is 481 g/mol. The molecule has 0 N–H and O–H groups in total. The van der Waals surface area contributed by atoms with Gasteiger partial charge in [0, 0.05) is 48.3 Å². The zero-order valence-electron chi connectivity index (χ0n) is 17.7. The molecule has 1 amide bonds. The van der Waals surface area contributed by atoms with E-state index in [9.17, 15) is 4.79 Å². The first-order valence-corrected chi connectivity index (χ1v) is 12.0. The number of benzene rings is 2. The van der Waals surface area contributed by atoms with Crippen molar-refractivity contribution in [2.75, 3.05) is 39.4 Å². The lowest BCUT2D eigenvalue weighted by atomic mass is 9.90. The molecule has 2 aliphatic heterocycles. The molecule has 0 aliphatic carbocycles. The van der Waals surface area contributed by atoms with E-state index >= 15 is 0 Å². The van der Waals surface area contributed by atoms with Gasteiger partial charge in [-0.1, -0.05) is 23.2 Å². The van der Waals surface area contributed by atoms with Gasteiger partial charge in [0.2, 0.25) is 0 Å². The van der Waals surface area contributed by atoms with Crippen molar-refractivity contribution < 1.29 is 19.0 Å². The minimum absolute atomic E-state index is 0.120. The van der Waals surface area contributed by atoms with E-state index in [4.69, 9.17) is 37.4 Å². The lowest BCUT2D eigenvalue weighted by Crippen LogP contribution is -2.38.